The third kappa shape index (κ3) is 5.51. The summed E-state index contributed by atoms with van der Waals surface area (Å²) < 4.78 is 5.13. The zero-order chi connectivity index (χ0) is 14.8. The zero-order valence-electron chi connectivity index (χ0n) is 12.8. The smallest absolute Gasteiger partial charge is 0.317 e. The van der Waals surface area contributed by atoms with Crippen molar-refractivity contribution in [2.45, 2.75) is 33.1 Å². The zero-order valence-corrected chi connectivity index (χ0v) is 12.8. The Morgan fingerprint density at radius 1 is 1.15 bits per heavy atom. The van der Waals surface area contributed by atoms with Crippen molar-refractivity contribution in [2.75, 3.05) is 26.7 Å². The normalized spacial score (nSPS) is 10.2. The number of methoxy groups -OCH3 is 1. The Hall–Kier alpha value is -1.71. The molecule has 0 saturated carbocycles. The molecule has 0 aliphatic carbocycles. The summed E-state index contributed by atoms with van der Waals surface area (Å²) in [5, 5.41) is 2.96. The average Bonchev–Trinajstić information content (AvgIpc) is 2.49. The van der Waals surface area contributed by atoms with Crippen LogP contribution < -0.4 is 10.1 Å². The summed E-state index contributed by atoms with van der Waals surface area (Å²) >= 11 is 0. The van der Waals surface area contributed by atoms with E-state index in [9.17, 15) is 4.79 Å². The molecule has 0 heterocycles. The van der Waals surface area contributed by atoms with Gasteiger partial charge in [0.15, 0.2) is 0 Å². The van der Waals surface area contributed by atoms with Crippen LogP contribution in [0.2, 0.25) is 0 Å². The Balaban J connectivity index is 2.16. The van der Waals surface area contributed by atoms with Crippen molar-refractivity contribution < 1.29 is 9.53 Å². The highest BCUT2D eigenvalue weighted by Gasteiger charge is 2.07. The van der Waals surface area contributed by atoms with Crippen LogP contribution in [0, 0.1) is 0 Å². The lowest BCUT2D eigenvalue weighted by atomic mass is 10.1. The molecule has 1 rings (SSSR count). The molecule has 1 aromatic carbocycles. The quantitative estimate of drug-likeness (QED) is 0.743. The number of hydrogen-bond donors (Lipinski definition) is 1. The number of ether oxygens (including phenoxy) is 1. The van der Waals surface area contributed by atoms with Gasteiger partial charge in [-0.2, -0.15) is 0 Å². The van der Waals surface area contributed by atoms with Crippen molar-refractivity contribution >= 4 is 6.03 Å². The molecule has 1 aromatic rings. The Morgan fingerprint density at radius 2 is 1.80 bits per heavy atom. The van der Waals surface area contributed by atoms with Crippen molar-refractivity contribution in [3.8, 4) is 5.75 Å². The van der Waals surface area contributed by atoms with E-state index in [2.05, 4.69) is 17.4 Å². The standard InChI is InChI=1S/C16H26N2O2/c1-4-18(5-2)16(19)17-13-7-6-8-14-9-11-15(20-3)12-10-14/h9-12H,4-8,13H2,1-3H3,(H,17,19). The van der Waals surface area contributed by atoms with Gasteiger partial charge in [0.2, 0.25) is 0 Å². The van der Waals surface area contributed by atoms with E-state index in [-0.39, 0.29) is 6.03 Å². The van der Waals surface area contributed by atoms with Gasteiger partial charge in [0.1, 0.15) is 5.75 Å². The van der Waals surface area contributed by atoms with Crippen LogP contribution in [0.25, 0.3) is 0 Å². The third-order valence-electron chi connectivity index (χ3n) is 3.38. The maximum absolute atomic E-state index is 11.7. The van der Waals surface area contributed by atoms with E-state index in [4.69, 9.17) is 4.74 Å². The summed E-state index contributed by atoms with van der Waals surface area (Å²) in [5.74, 6) is 0.889. The van der Waals surface area contributed by atoms with E-state index >= 15 is 0 Å². The highest BCUT2D eigenvalue weighted by atomic mass is 16.5. The first-order chi connectivity index (χ1) is 9.71. The van der Waals surface area contributed by atoms with Crippen LogP contribution in [-0.4, -0.2) is 37.7 Å². The molecular weight excluding hydrogens is 252 g/mol. The third-order valence-corrected chi connectivity index (χ3v) is 3.38. The second kappa shape index (κ2) is 9.23. The first-order valence-corrected chi connectivity index (χ1v) is 7.37. The molecule has 0 fully saturated rings. The van der Waals surface area contributed by atoms with Crippen molar-refractivity contribution in [1.29, 1.82) is 0 Å². The number of carbonyl (C=O) groups excluding carboxylic acids is 1. The highest BCUT2D eigenvalue weighted by molar-refractivity contribution is 5.73. The SMILES string of the molecule is CCN(CC)C(=O)NCCCCc1ccc(OC)cc1. The van der Waals surface area contributed by atoms with Crippen molar-refractivity contribution in [2.24, 2.45) is 0 Å². The lowest BCUT2D eigenvalue weighted by Gasteiger charge is -2.19. The van der Waals surface area contributed by atoms with E-state index < -0.39 is 0 Å². The summed E-state index contributed by atoms with van der Waals surface area (Å²) in [6, 6.07) is 8.19. The van der Waals surface area contributed by atoms with Gasteiger partial charge < -0.3 is 15.0 Å². The summed E-state index contributed by atoms with van der Waals surface area (Å²) in [5.41, 5.74) is 1.31. The molecule has 4 heteroatoms. The van der Waals surface area contributed by atoms with E-state index in [0.29, 0.717) is 0 Å². The number of benzene rings is 1. The number of unbranched alkanes of at least 4 members (excludes halogenated alkanes) is 1. The summed E-state index contributed by atoms with van der Waals surface area (Å²) in [6.07, 6.45) is 3.11. The number of hydrogen-bond acceptors (Lipinski definition) is 2. The van der Waals surface area contributed by atoms with Gasteiger partial charge in [-0.05, 0) is 50.8 Å². The Bertz CT molecular complexity index is 386. The fraction of sp³-hybridized carbons (Fsp3) is 0.562. The number of aryl methyl sites for hydroxylation is 1. The molecule has 2 amide bonds. The van der Waals surface area contributed by atoms with Crippen molar-refractivity contribution in [3.63, 3.8) is 0 Å². The summed E-state index contributed by atoms with van der Waals surface area (Å²) in [7, 11) is 1.67. The number of carbonyl (C=O) groups is 1. The van der Waals surface area contributed by atoms with Crippen molar-refractivity contribution in [1.82, 2.24) is 10.2 Å². The van der Waals surface area contributed by atoms with Gasteiger partial charge in [0, 0.05) is 19.6 Å². The van der Waals surface area contributed by atoms with Crippen LogP contribution in [0.1, 0.15) is 32.3 Å². The molecule has 0 unspecified atom stereocenters. The van der Waals surface area contributed by atoms with Gasteiger partial charge in [-0.3, -0.25) is 0 Å². The molecule has 0 radical (unpaired) electrons. The monoisotopic (exact) mass is 278 g/mol. The molecule has 20 heavy (non-hydrogen) atoms. The van der Waals surface area contributed by atoms with Gasteiger partial charge in [0.25, 0.3) is 0 Å². The second-order valence-electron chi connectivity index (χ2n) is 4.71. The molecule has 0 saturated heterocycles. The maximum atomic E-state index is 11.7. The lowest BCUT2D eigenvalue weighted by molar-refractivity contribution is 0.203. The van der Waals surface area contributed by atoms with Gasteiger partial charge in [-0.15, -0.1) is 0 Å². The fourth-order valence-electron chi connectivity index (χ4n) is 2.06. The Labute approximate surface area is 122 Å². The van der Waals surface area contributed by atoms with Crippen molar-refractivity contribution in [3.05, 3.63) is 29.8 Å². The number of amides is 2. The van der Waals surface area contributed by atoms with Crippen LogP contribution in [-0.2, 0) is 6.42 Å². The molecule has 0 aliphatic rings. The summed E-state index contributed by atoms with van der Waals surface area (Å²) in [6.45, 7) is 6.24. The van der Waals surface area contributed by atoms with E-state index in [0.717, 1.165) is 44.6 Å². The van der Waals surface area contributed by atoms with Crippen LogP contribution in [0.4, 0.5) is 4.79 Å². The minimum atomic E-state index is 0.0412. The molecule has 0 spiro atoms. The van der Waals surface area contributed by atoms with E-state index in [1.807, 2.05) is 26.0 Å². The number of nitrogens with one attached hydrogen (secondary N) is 1. The topological polar surface area (TPSA) is 41.6 Å². The second-order valence-corrected chi connectivity index (χ2v) is 4.71. The van der Waals surface area contributed by atoms with Gasteiger partial charge in [-0.25, -0.2) is 4.79 Å². The van der Waals surface area contributed by atoms with E-state index in [1.54, 1.807) is 12.0 Å². The molecule has 4 nitrogen and oxygen atoms in total. The Morgan fingerprint density at radius 3 is 2.35 bits per heavy atom. The molecule has 0 aromatic heterocycles. The summed E-state index contributed by atoms with van der Waals surface area (Å²) in [4.78, 5) is 13.5. The van der Waals surface area contributed by atoms with Crippen LogP contribution in [0.15, 0.2) is 24.3 Å². The molecule has 1 N–H and O–H groups in total. The van der Waals surface area contributed by atoms with Crippen LogP contribution in [0.5, 0.6) is 5.75 Å². The maximum Gasteiger partial charge on any atom is 0.317 e. The molecule has 0 atom stereocenters. The first kappa shape index (κ1) is 16.3. The molecule has 0 bridgehead atoms. The number of rotatable bonds is 8. The fourth-order valence-corrected chi connectivity index (χ4v) is 2.06. The largest absolute Gasteiger partial charge is 0.497 e. The minimum Gasteiger partial charge on any atom is -0.497 e. The predicted octanol–water partition coefficient (Wildman–Crippen LogP) is 3.07. The van der Waals surface area contributed by atoms with Crippen LogP contribution >= 0.6 is 0 Å². The number of nitrogens with zero attached hydrogens (tertiary/aromatic N) is 1. The molecule has 112 valence electrons. The molecular formula is C16H26N2O2. The van der Waals surface area contributed by atoms with E-state index in [1.165, 1.54) is 5.56 Å². The first-order valence-electron chi connectivity index (χ1n) is 7.37. The lowest BCUT2D eigenvalue weighted by Crippen LogP contribution is -2.40. The average molecular weight is 278 g/mol. The molecule has 0 aliphatic heterocycles. The van der Waals surface area contributed by atoms with Crippen LogP contribution in [0.3, 0.4) is 0 Å². The van der Waals surface area contributed by atoms with Gasteiger partial charge in [-0.1, -0.05) is 12.1 Å². The number of urea groups is 1. The predicted molar refractivity (Wildman–Crippen MR) is 82.3 cm³/mol. The highest BCUT2D eigenvalue weighted by Crippen LogP contribution is 2.12. The van der Waals surface area contributed by atoms with Gasteiger partial charge >= 0.3 is 6.03 Å². The minimum absolute atomic E-state index is 0.0412. The van der Waals surface area contributed by atoms with Gasteiger partial charge in [0.05, 0.1) is 7.11 Å². The Kier molecular flexibility index (Phi) is 7.55.